The lowest BCUT2D eigenvalue weighted by molar-refractivity contribution is -0.0457. The summed E-state index contributed by atoms with van der Waals surface area (Å²) >= 11 is 0. The number of esters is 1. The maximum atomic E-state index is 12.3. The predicted molar refractivity (Wildman–Crippen MR) is 105 cm³/mol. The minimum atomic E-state index is -0.428. The van der Waals surface area contributed by atoms with Gasteiger partial charge in [-0.15, -0.1) is 0 Å². The van der Waals surface area contributed by atoms with E-state index < -0.39 is 5.60 Å². The van der Waals surface area contributed by atoms with Gasteiger partial charge < -0.3 is 19.3 Å². The van der Waals surface area contributed by atoms with Gasteiger partial charge in [-0.05, 0) is 38.7 Å². The van der Waals surface area contributed by atoms with Crippen LogP contribution in [0.3, 0.4) is 0 Å². The second kappa shape index (κ2) is 7.74. The van der Waals surface area contributed by atoms with Gasteiger partial charge in [0.1, 0.15) is 5.60 Å². The molecule has 0 bridgehead atoms. The highest BCUT2D eigenvalue weighted by Crippen LogP contribution is 2.44. The second-order valence-electron chi connectivity index (χ2n) is 8.36. The molecule has 6 heteroatoms. The van der Waals surface area contributed by atoms with Gasteiger partial charge in [0.2, 0.25) is 0 Å². The molecule has 0 atom stereocenters. The van der Waals surface area contributed by atoms with E-state index in [9.17, 15) is 9.59 Å². The minimum absolute atomic E-state index is 0.171. The summed E-state index contributed by atoms with van der Waals surface area (Å²) in [6, 6.07) is 6.02. The molecule has 3 aliphatic rings. The Hall–Kier alpha value is -2.08. The molecule has 3 heterocycles. The zero-order chi connectivity index (χ0) is 19.7. The first kappa shape index (κ1) is 19.2. The zero-order valence-corrected chi connectivity index (χ0v) is 16.9. The molecule has 6 nitrogen and oxygen atoms in total. The number of ether oxygens (including phenoxy) is 2. The molecule has 0 saturated carbocycles. The lowest BCUT2D eigenvalue weighted by atomic mass is 9.82. The molecule has 0 unspecified atom stereocenters. The van der Waals surface area contributed by atoms with Crippen LogP contribution in [0.2, 0.25) is 0 Å². The average Bonchev–Trinajstić information content (AvgIpc) is 2.95. The van der Waals surface area contributed by atoms with E-state index in [-0.39, 0.29) is 12.1 Å². The number of benzene rings is 1. The number of fused-ring (bicyclic) bond motifs is 2. The van der Waals surface area contributed by atoms with Crippen molar-refractivity contribution in [3.63, 3.8) is 0 Å². The van der Waals surface area contributed by atoms with Crippen LogP contribution in [-0.4, -0.2) is 61.2 Å². The van der Waals surface area contributed by atoms with Crippen LogP contribution in [-0.2, 0) is 15.1 Å². The molecule has 1 aromatic rings. The highest BCUT2D eigenvalue weighted by molar-refractivity contribution is 5.94. The van der Waals surface area contributed by atoms with Crippen molar-refractivity contribution in [2.24, 2.45) is 5.92 Å². The van der Waals surface area contributed by atoms with Crippen molar-refractivity contribution in [2.45, 2.75) is 45.1 Å². The van der Waals surface area contributed by atoms with Crippen LogP contribution in [0.15, 0.2) is 18.2 Å². The summed E-state index contributed by atoms with van der Waals surface area (Å²) in [4.78, 5) is 28.5. The standard InChI is InChI=1S/C22H30N2O4/c1-3-27-21(26)24-10-6-17(7-11-24)15-23-12-8-22(9-13-23)19-14-16(2)4-5-18(19)20(25)28-22/h4-5,14,17H,3,6-13,15H2,1-2H3. The maximum Gasteiger partial charge on any atom is 0.409 e. The minimum Gasteiger partial charge on any atom is -0.450 e. The summed E-state index contributed by atoms with van der Waals surface area (Å²) in [7, 11) is 0. The van der Waals surface area contributed by atoms with Crippen molar-refractivity contribution in [2.75, 3.05) is 39.3 Å². The number of rotatable bonds is 3. The number of hydrogen-bond acceptors (Lipinski definition) is 5. The monoisotopic (exact) mass is 386 g/mol. The molecular weight excluding hydrogens is 356 g/mol. The van der Waals surface area contributed by atoms with Gasteiger partial charge in [0.05, 0.1) is 12.2 Å². The smallest absolute Gasteiger partial charge is 0.409 e. The lowest BCUT2D eigenvalue weighted by Crippen LogP contribution is -2.46. The molecule has 0 aromatic heterocycles. The van der Waals surface area contributed by atoms with E-state index >= 15 is 0 Å². The van der Waals surface area contributed by atoms with Gasteiger partial charge in [-0.2, -0.15) is 0 Å². The van der Waals surface area contributed by atoms with Crippen molar-refractivity contribution >= 4 is 12.1 Å². The summed E-state index contributed by atoms with van der Waals surface area (Å²) in [5.41, 5.74) is 2.57. The summed E-state index contributed by atoms with van der Waals surface area (Å²) in [5.74, 6) is 0.440. The van der Waals surface area contributed by atoms with E-state index in [1.54, 1.807) is 0 Å². The summed E-state index contributed by atoms with van der Waals surface area (Å²) < 4.78 is 11.0. The second-order valence-corrected chi connectivity index (χ2v) is 8.36. The summed E-state index contributed by atoms with van der Waals surface area (Å²) in [6.45, 7) is 8.85. The Morgan fingerprint density at radius 3 is 2.61 bits per heavy atom. The molecule has 0 aliphatic carbocycles. The fourth-order valence-electron chi connectivity index (χ4n) is 4.85. The van der Waals surface area contributed by atoms with Gasteiger partial charge in [0, 0.05) is 51.1 Å². The first-order chi connectivity index (χ1) is 13.5. The van der Waals surface area contributed by atoms with Crippen LogP contribution in [0.25, 0.3) is 0 Å². The zero-order valence-electron chi connectivity index (χ0n) is 16.9. The molecule has 1 aromatic carbocycles. The van der Waals surface area contributed by atoms with E-state index in [1.165, 1.54) is 5.56 Å². The molecule has 1 amide bonds. The lowest BCUT2D eigenvalue weighted by Gasteiger charge is -2.41. The maximum absolute atomic E-state index is 12.3. The van der Waals surface area contributed by atoms with Crippen LogP contribution in [0.1, 0.15) is 54.1 Å². The Morgan fingerprint density at radius 1 is 1.21 bits per heavy atom. The first-order valence-corrected chi connectivity index (χ1v) is 10.5. The van der Waals surface area contributed by atoms with E-state index in [0.29, 0.717) is 12.5 Å². The van der Waals surface area contributed by atoms with Crippen LogP contribution in [0.4, 0.5) is 4.79 Å². The number of aryl methyl sites for hydroxylation is 1. The number of carbonyl (C=O) groups is 2. The van der Waals surface area contributed by atoms with Gasteiger partial charge in [-0.25, -0.2) is 9.59 Å². The number of carbonyl (C=O) groups excluding carboxylic acids is 2. The molecule has 152 valence electrons. The van der Waals surface area contributed by atoms with Crippen molar-refractivity contribution < 1.29 is 19.1 Å². The topological polar surface area (TPSA) is 59.1 Å². The third kappa shape index (κ3) is 3.62. The van der Waals surface area contributed by atoms with Gasteiger partial charge in [-0.1, -0.05) is 17.7 Å². The molecule has 3 aliphatic heterocycles. The number of amides is 1. The van der Waals surface area contributed by atoms with E-state index in [4.69, 9.17) is 9.47 Å². The summed E-state index contributed by atoms with van der Waals surface area (Å²) in [5, 5.41) is 0. The number of hydrogen-bond donors (Lipinski definition) is 0. The predicted octanol–water partition coefficient (Wildman–Crippen LogP) is 3.33. The third-order valence-electron chi connectivity index (χ3n) is 6.49. The molecule has 2 saturated heterocycles. The molecule has 4 rings (SSSR count). The number of piperidine rings is 2. The highest BCUT2D eigenvalue weighted by atomic mass is 16.6. The van der Waals surface area contributed by atoms with Crippen LogP contribution < -0.4 is 0 Å². The van der Waals surface area contributed by atoms with Crippen molar-refractivity contribution in [1.29, 1.82) is 0 Å². The third-order valence-corrected chi connectivity index (χ3v) is 6.49. The Bertz CT molecular complexity index is 747. The highest BCUT2D eigenvalue weighted by Gasteiger charge is 2.47. The molecule has 0 N–H and O–H groups in total. The van der Waals surface area contributed by atoms with E-state index in [0.717, 1.165) is 69.5 Å². The SMILES string of the molecule is CCOC(=O)N1CCC(CN2CCC3(CC2)OC(=O)c2ccc(C)cc23)CC1. The average molecular weight is 386 g/mol. The normalized spacial score (nSPS) is 22.2. The fraction of sp³-hybridized carbons (Fsp3) is 0.636. The summed E-state index contributed by atoms with van der Waals surface area (Å²) in [6.07, 6.45) is 3.58. The van der Waals surface area contributed by atoms with Crippen LogP contribution in [0, 0.1) is 12.8 Å². The Kier molecular flexibility index (Phi) is 5.32. The fourth-order valence-corrected chi connectivity index (χ4v) is 4.85. The largest absolute Gasteiger partial charge is 0.450 e. The van der Waals surface area contributed by atoms with Crippen LogP contribution in [0.5, 0.6) is 0 Å². The number of nitrogens with zero attached hydrogens (tertiary/aromatic N) is 2. The molecule has 0 radical (unpaired) electrons. The van der Waals surface area contributed by atoms with Crippen molar-refractivity contribution in [1.82, 2.24) is 9.80 Å². The van der Waals surface area contributed by atoms with Crippen molar-refractivity contribution in [3.05, 3.63) is 34.9 Å². The van der Waals surface area contributed by atoms with Gasteiger partial charge >= 0.3 is 12.1 Å². The number of likely N-dealkylation sites (tertiary alicyclic amines) is 2. The van der Waals surface area contributed by atoms with Gasteiger partial charge in [0.15, 0.2) is 0 Å². The Balaban J connectivity index is 1.31. The Morgan fingerprint density at radius 2 is 1.93 bits per heavy atom. The Labute approximate surface area is 166 Å². The quantitative estimate of drug-likeness (QED) is 0.746. The van der Waals surface area contributed by atoms with Gasteiger partial charge in [0.25, 0.3) is 0 Å². The van der Waals surface area contributed by atoms with Gasteiger partial charge in [-0.3, -0.25) is 0 Å². The van der Waals surface area contributed by atoms with E-state index in [2.05, 4.69) is 17.9 Å². The molecule has 1 spiro atoms. The molecule has 2 fully saturated rings. The van der Waals surface area contributed by atoms with Crippen LogP contribution >= 0.6 is 0 Å². The first-order valence-electron chi connectivity index (χ1n) is 10.5. The van der Waals surface area contributed by atoms with Crippen molar-refractivity contribution in [3.8, 4) is 0 Å². The van der Waals surface area contributed by atoms with E-state index in [1.807, 2.05) is 24.0 Å². The molecule has 28 heavy (non-hydrogen) atoms. The molecular formula is C22H30N2O4.